The molecule has 0 radical (unpaired) electrons. The predicted octanol–water partition coefficient (Wildman–Crippen LogP) is 8.09. The molecule has 1 fully saturated rings. The molecule has 1 saturated carbocycles. The van der Waals surface area contributed by atoms with Gasteiger partial charge < -0.3 is 9.64 Å². The summed E-state index contributed by atoms with van der Waals surface area (Å²) < 4.78 is 22.6. The van der Waals surface area contributed by atoms with E-state index in [-0.39, 0.29) is 11.7 Å². The number of rotatable bonds is 10. The minimum atomic E-state index is -0.356. The SMILES string of the molecule is CCOc1cc(F)cc(-c2nn(CC3=C(c4ccccc4)C(C)C=C4C=CC=CN43)c3ncnc(CCCC4CC4)c23)c1. The van der Waals surface area contributed by atoms with Gasteiger partial charge in [-0.25, -0.2) is 19.0 Å². The molecule has 0 spiro atoms. The number of nitrogens with zero attached hydrogens (tertiary/aromatic N) is 5. The molecule has 0 N–H and O–H groups in total. The summed E-state index contributed by atoms with van der Waals surface area (Å²) in [6.45, 7) is 5.09. The van der Waals surface area contributed by atoms with Crippen molar-refractivity contribution in [1.82, 2.24) is 24.6 Å². The van der Waals surface area contributed by atoms with Gasteiger partial charge in [-0.2, -0.15) is 5.10 Å². The first-order chi connectivity index (χ1) is 21.1. The van der Waals surface area contributed by atoms with E-state index in [1.807, 2.05) is 23.7 Å². The molecule has 2 aromatic carbocycles. The fourth-order valence-electron chi connectivity index (χ4n) is 6.40. The largest absolute Gasteiger partial charge is 0.494 e. The Kier molecular flexibility index (Phi) is 7.39. The van der Waals surface area contributed by atoms with E-state index in [9.17, 15) is 4.39 Å². The first-order valence-electron chi connectivity index (χ1n) is 15.4. The van der Waals surface area contributed by atoms with Gasteiger partial charge in [0.15, 0.2) is 5.65 Å². The normalized spacial score (nSPS) is 17.9. The van der Waals surface area contributed by atoms with Gasteiger partial charge >= 0.3 is 0 Å². The Balaban J connectivity index is 1.38. The van der Waals surface area contributed by atoms with Gasteiger partial charge in [0, 0.05) is 35.1 Å². The molecule has 2 aliphatic heterocycles. The van der Waals surface area contributed by atoms with E-state index in [1.165, 1.54) is 42.5 Å². The lowest BCUT2D eigenvalue weighted by Gasteiger charge is -2.35. The summed E-state index contributed by atoms with van der Waals surface area (Å²) >= 11 is 0. The van der Waals surface area contributed by atoms with Crippen molar-refractivity contribution in [2.24, 2.45) is 11.8 Å². The summed E-state index contributed by atoms with van der Waals surface area (Å²) in [5.41, 5.74) is 7.78. The van der Waals surface area contributed by atoms with Crippen molar-refractivity contribution < 1.29 is 9.13 Å². The highest BCUT2D eigenvalue weighted by molar-refractivity contribution is 5.93. The van der Waals surface area contributed by atoms with Crippen molar-refractivity contribution in [2.45, 2.75) is 52.5 Å². The Bertz CT molecular complexity index is 1780. The van der Waals surface area contributed by atoms with Gasteiger partial charge in [-0.3, -0.25) is 0 Å². The molecule has 6 nitrogen and oxygen atoms in total. The third-order valence-corrected chi connectivity index (χ3v) is 8.54. The number of hydrogen-bond donors (Lipinski definition) is 0. The number of hydrogen-bond acceptors (Lipinski definition) is 5. The van der Waals surface area contributed by atoms with Crippen LogP contribution in [0.4, 0.5) is 4.39 Å². The van der Waals surface area contributed by atoms with Gasteiger partial charge in [-0.1, -0.05) is 68.7 Å². The second kappa shape index (κ2) is 11.6. The molecule has 0 bridgehead atoms. The summed E-state index contributed by atoms with van der Waals surface area (Å²) in [4.78, 5) is 11.8. The molecule has 3 aliphatic rings. The molecular formula is C36H36FN5O. The van der Waals surface area contributed by atoms with Crippen LogP contribution >= 0.6 is 0 Å². The van der Waals surface area contributed by atoms with Crippen LogP contribution in [-0.4, -0.2) is 31.3 Å². The number of aryl methyl sites for hydroxylation is 1. The number of benzene rings is 2. The van der Waals surface area contributed by atoms with E-state index >= 15 is 0 Å². The maximum atomic E-state index is 14.9. The minimum absolute atomic E-state index is 0.200. The molecule has 7 heteroatoms. The quantitative estimate of drug-likeness (QED) is 0.192. The average Bonchev–Trinajstić information content (AvgIpc) is 3.77. The van der Waals surface area contributed by atoms with Crippen LogP contribution in [0.15, 0.2) is 96.8 Å². The highest BCUT2D eigenvalue weighted by Gasteiger charge is 2.29. The van der Waals surface area contributed by atoms with E-state index in [1.54, 1.807) is 6.33 Å². The Morgan fingerprint density at radius 3 is 2.70 bits per heavy atom. The average molecular weight is 574 g/mol. The van der Waals surface area contributed by atoms with Gasteiger partial charge in [0.2, 0.25) is 0 Å². The van der Waals surface area contributed by atoms with Gasteiger partial charge in [0.05, 0.1) is 24.2 Å². The van der Waals surface area contributed by atoms with Gasteiger partial charge in [-0.05, 0) is 61.1 Å². The van der Waals surface area contributed by atoms with Crippen molar-refractivity contribution in [3.05, 3.63) is 114 Å². The number of ether oxygens (including phenoxy) is 1. The molecule has 0 amide bonds. The fourth-order valence-corrected chi connectivity index (χ4v) is 6.40. The standard InChI is InChI=1S/C36H36FN5O/c1-3-43-30-20-27(19-28(37)21-30)35-34-31(14-9-10-25-15-16-25)38-23-39-36(34)42(40-35)22-32-33(26-11-5-4-6-12-26)24(2)18-29-13-7-8-17-41(29)32/h4-8,11-13,17-21,23-25H,3,9-10,14-16,22H2,1-2H3. The minimum Gasteiger partial charge on any atom is -0.494 e. The Morgan fingerprint density at radius 1 is 1.02 bits per heavy atom. The van der Waals surface area contributed by atoms with E-state index in [0.717, 1.165) is 46.9 Å². The molecule has 1 atom stereocenters. The summed E-state index contributed by atoms with van der Waals surface area (Å²) in [6, 6.07) is 15.4. The Labute approximate surface area is 251 Å². The van der Waals surface area contributed by atoms with Crippen molar-refractivity contribution in [3.8, 4) is 17.0 Å². The van der Waals surface area contributed by atoms with Gasteiger partial charge in [0.1, 0.15) is 23.6 Å². The predicted molar refractivity (Wildman–Crippen MR) is 168 cm³/mol. The van der Waals surface area contributed by atoms with Gasteiger partial charge in [0.25, 0.3) is 0 Å². The van der Waals surface area contributed by atoms with Crippen LogP contribution in [0.2, 0.25) is 0 Å². The second-order valence-electron chi connectivity index (χ2n) is 11.6. The number of halogens is 1. The Hall–Kier alpha value is -4.52. The Morgan fingerprint density at radius 2 is 1.88 bits per heavy atom. The zero-order chi connectivity index (χ0) is 29.3. The molecule has 218 valence electrons. The van der Waals surface area contributed by atoms with Crippen LogP contribution in [0.5, 0.6) is 5.75 Å². The number of fused-ring (bicyclic) bond motifs is 2. The number of allylic oxidation sites excluding steroid dienone is 6. The fraction of sp³-hybridized carbons (Fsp3) is 0.306. The van der Waals surface area contributed by atoms with Crippen LogP contribution in [0.25, 0.3) is 27.9 Å². The summed E-state index contributed by atoms with van der Waals surface area (Å²) in [6.07, 6.45) is 18.1. The molecule has 2 aromatic heterocycles. The third kappa shape index (κ3) is 5.52. The van der Waals surface area contributed by atoms with Crippen LogP contribution < -0.4 is 4.74 Å². The first-order valence-corrected chi connectivity index (χ1v) is 15.4. The van der Waals surface area contributed by atoms with Crippen molar-refractivity contribution in [1.29, 1.82) is 0 Å². The number of aromatic nitrogens is 4. The lowest BCUT2D eigenvalue weighted by atomic mass is 9.87. The van der Waals surface area contributed by atoms with E-state index in [2.05, 4.69) is 66.6 Å². The van der Waals surface area contributed by atoms with Crippen LogP contribution in [0.1, 0.15) is 50.8 Å². The van der Waals surface area contributed by atoms with Crippen LogP contribution in [0.3, 0.4) is 0 Å². The monoisotopic (exact) mass is 573 g/mol. The maximum Gasteiger partial charge on any atom is 0.162 e. The lowest BCUT2D eigenvalue weighted by molar-refractivity contribution is 0.338. The van der Waals surface area contributed by atoms with E-state index in [4.69, 9.17) is 19.8 Å². The summed E-state index contributed by atoms with van der Waals surface area (Å²) in [7, 11) is 0. The smallest absolute Gasteiger partial charge is 0.162 e. The second-order valence-corrected chi connectivity index (χ2v) is 11.6. The zero-order valence-corrected chi connectivity index (χ0v) is 24.7. The van der Waals surface area contributed by atoms with Crippen molar-refractivity contribution in [2.75, 3.05) is 6.61 Å². The summed E-state index contributed by atoms with van der Waals surface area (Å²) in [5, 5.41) is 6.06. The zero-order valence-electron chi connectivity index (χ0n) is 24.7. The van der Waals surface area contributed by atoms with Crippen molar-refractivity contribution >= 4 is 16.6 Å². The third-order valence-electron chi connectivity index (χ3n) is 8.54. The maximum absolute atomic E-state index is 14.9. The van der Waals surface area contributed by atoms with Crippen LogP contribution in [0, 0.1) is 17.7 Å². The van der Waals surface area contributed by atoms with E-state index in [0.29, 0.717) is 30.2 Å². The topological polar surface area (TPSA) is 56.1 Å². The molecule has 7 rings (SSSR count). The molecule has 4 heterocycles. The van der Waals surface area contributed by atoms with Gasteiger partial charge in [-0.15, -0.1) is 0 Å². The molecule has 1 unspecified atom stereocenters. The first kappa shape index (κ1) is 27.3. The molecule has 0 saturated heterocycles. The molecule has 4 aromatic rings. The lowest BCUT2D eigenvalue weighted by Crippen LogP contribution is -2.27. The molecular weight excluding hydrogens is 537 g/mol. The molecule has 1 aliphatic carbocycles. The van der Waals surface area contributed by atoms with Crippen molar-refractivity contribution in [3.63, 3.8) is 0 Å². The summed E-state index contributed by atoms with van der Waals surface area (Å²) in [5.74, 6) is 1.18. The highest BCUT2D eigenvalue weighted by Crippen LogP contribution is 2.40. The van der Waals surface area contributed by atoms with E-state index < -0.39 is 0 Å². The van der Waals surface area contributed by atoms with Crippen LogP contribution in [-0.2, 0) is 13.0 Å². The highest BCUT2D eigenvalue weighted by atomic mass is 19.1. The molecule has 43 heavy (non-hydrogen) atoms.